The number of nitrogens with one attached hydrogen (secondary N) is 1. The number of pyridine rings is 1. The molecule has 6 nitrogen and oxygen atoms in total. The molecule has 0 atom stereocenters. The van der Waals surface area contributed by atoms with Gasteiger partial charge in [-0.25, -0.2) is 0 Å². The maximum Gasteiger partial charge on any atom is 0.224 e. The molecule has 186 valence electrons. The Morgan fingerprint density at radius 3 is 2.37 bits per heavy atom. The molecule has 0 saturated heterocycles. The molecular formula is C29H37N2O4+. The van der Waals surface area contributed by atoms with Crippen LogP contribution in [0.25, 0.3) is 22.0 Å². The lowest BCUT2D eigenvalue weighted by Gasteiger charge is -2.19. The van der Waals surface area contributed by atoms with E-state index in [0.29, 0.717) is 12.2 Å². The number of rotatable bonds is 11. The summed E-state index contributed by atoms with van der Waals surface area (Å²) < 4.78 is 18.9. The largest absolute Gasteiger partial charge is 0.495 e. The van der Waals surface area contributed by atoms with E-state index in [1.807, 2.05) is 12.1 Å². The van der Waals surface area contributed by atoms with Crippen LogP contribution in [0, 0.1) is 0 Å². The lowest BCUT2D eigenvalue weighted by atomic mass is 9.95. The van der Waals surface area contributed by atoms with Gasteiger partial charge in [0, 0.05) is 18.9 Å². The van der Waals surface area contributed by atoms with Crippen molar-refractivity contribution in [3.63, 3.8) is 0 Å². The van der Waals surface area contributed by atoms with Crippen molar-refractivity contribution in [2.45, 2.75) is 64.8 Å². The number of fused-ring (bicyclic) bond motifs is 4. The smallest absolute Gasteiger partial charge is 0.224 e. The van der Waals surface area contributed by atoms with Crippen molar-refractivity contribution in [1.82, 2.24) is 0 Å². The number of carbonyl (C=O) groups is 1. The van der Waals surface area contributed by atoms with Crippen LogP contribution in [-0.4, -0.2) is 27.2 Å². The Morgan fingerprint density at radius 2 is 1.63 bits per heavy atom. The zero-order chi connectivity index (χ0) is 24.8. The second kappa shape index (κ2) is 11.4. The first-order valence-corrected chi connectivity index (χ1v) is 12.7. The van der Waals surface area contributed by atoms with Gasteiger partial charge in [-0.15, -0.1) is 0 Å². The highest BCUT2D eigenvalue weighted by Gasteiger charge is 2.27. The summed E-state index contributed by atoms with van der Waals surface area (Å²) in [5.41, 5.74) is 4.24. The van der Waals surface area contributed by atoms with Gasteiger partial charge >= 0.3 is 0 Å². The monoisotopic (exact) mass is 477 g/mol. The second-order valence-electron chi connectivity index (χ2n) is 9.18. The molecule has 0 radical (unpaired) electrons. The number of amides is 1. The standard InChI is InChI=1S/C29H36N2O4/c1-5-6-7-8-9-10-11-28(32)30-29-23-19-31-15-14-21-17-26(34-3)27(35-4)18-22(21)24(31)16-20(23)12-13-25(29)33-2/h12-13,16-19H,5-11,14-15H2,1-4H3/p+1. The molecule has 6 heteroatoms. The number of carbonyl (C=O) groups excluding carboxylic acids is 1. The summed E-state index contributed by atoms with van der Waals surface area (Å²) in [6.45, 7) is 3.06. The van der Waals surface area contributed by atoms with Crippen LogP contribution in [0.15, 0.2) is 36.5 Å². The summed E-state index contributed by atoms with van der Waals surface area (Å²) >= 11 is 0. The minimum Gasteiger partial charge on any atom is -0.495 e. The number of ether oxygens (including phenoxy) is 3. The average molecular weight is 478 g/mol. The van der Waals surface area contributed by atoms with Crippen LogP contribution in [0.5, 0.6) is 17.2 Å². The molecule has 0 saturated carbocycles. The van der Waals surface area contributed by atoms with Crippen LogP contribution in [0.1, 0.15) is 57.4 Å². The maximum atomic E-state index is 12.8. The van der Waals surface area contributed by atoms with Crippen molar-refractivity contribution in [3.8, 4) is 28.5 Å². The summed E-state index contributed by atoms with van der Waals surface area (Å²) in [5.74, 6) is 2.19. The van der Waals surface area contributed by atoms with E-state index in [4.69, 9.17) is 14.2 Å². The van der Waals surface area contributed by atoms with Gasteiger partial charge in [-0.2, -0.15) is 4.57 Å². The van der Waals surface area contributed by atoms with Crippen molar-refractivity contribution < 1.29 is 23.6 Å². The first kappa shape index (κ1) is 24.8. The summed E-state index contributed by atoms with van der Waals surface area (Å²) in [6, 6.07) is 10.3. The van der Waals surface area contributed by atoms with E-state index in [1.54, 1.807) is 21.3 Å². The maximum absolute atomic E-state index is 12.8. The van der Waals surface area contributed by atoms with Crippen LogP contribution < -0.4 is 24.1 Å². The van der Waals surface area contributed by atoms with Crippen molar-refractivity contribution in [2.75, 3.05) is 26.6 Å². The summed E-state index contributed by atoms with van der Waals surface area (Å²) in [5, 5.41) is 5.18. The van der Waals surface area contributed by atoms with E-state index in [0.717, 1.165) is 65.0 Å². The predicted molar refractivity (Wildman–Crippen MR) is 140 cm³/mol. The van der Waals surface area contributed by atoms with E-state index in [2.05, 4.69) is 41.2 Å². The quantitative estimate of drug-likeness (QED) is 0.269. The summed E-state index contributed by atoms with van der Waals surface area (Å²) in [7, 11) is 4.97. The Morgan fingerprint density at radius 1 is 0.914 bits per heavy atom. The van der Waals surface area contributed by atoms with Gasteiger partial charge in [0.2, 0.25) is 11.6 Å². The number of unbranched alkanes of at least 4 members (excludes halogenated alkanes) is 5. The fourth-order valence-electron chi connectivity index (χ4n) is 4.93. The van der Waals surface area contributed by atoms with Crippen LogP contribution in [0.2, 0.25) is 0 Å². The highest BCUT2D eigenvalue weighted by atomic mass is 16.5. The number of aryl methyl sites for hydroxylation is 2. The van der Waals surface area contributed by atoms with Crippen LogP contribution in [0.3, 0.4) is 0 Å². The van der Waals surface area contributed by atoms with Crippen LogP contribution in [0.4, 0.5) is 5.69 Å². The molecule has 2 aromatic carbocycles. The van der Waals surface area contributed by atoms with E-state index in [1.165, 1.54) is 31.2 Å². The average Bonchev–Trinajstić information content (AvgIpc) is 2.88. The van der Waals surface area contributed by atoms with Gasteiger partial charge < -0.3 is 19.5 Å². The molecule has 4 rings (SSSR count). The molecule has 0 unspecified atom stereocenters. The third kappa shape index (κ3) is 5.37. The number of nitrogens with zero attached hydrogens (tertiary/aromatic N) is 1. The topological polar surface area (TPSA) is 60.7 Å². The van der Waals surface area contributed by atoms with Crippen molar-refractivity contribution in [3.05, 3.63) is 42.1 Å². The predicted octanol–water partition coefficient (Wildman–Crippen LogP) is 6.07. The lowest BCUT2D eigenvalue weighted by molar-refractivity contribution is -0.686. The van der Waals surface area contributed by atoms with Gasteiger partial charge in [0.25, 0.3) is 0 Å². The third-order valence-corrected chi connectivity index (χ3v) is 6.88. The third-order valence-electron chi connectivity index (χ3n) is 6.88. The Bertz CT molecular complexity index is 1210. The zero-order valence-electron chi connectivity index (χ0n) is 21.4. The molecule has 0 aliphatic carbocycles. The summed E-state index contributed by atoms with van der Waals surface area (Å²) in [6.07, 6.45) is 10.5. The minimum absolute atomic E-state index is 0.0381. The Balaban J connectivity index is 1.63. The molecule has 1 aliphatic heterocycles. The molecule has 3 aromatic rings. The molecule has 1 aromatic heterocycles. The van der Waals surface area contributed by atoms with Gasteiger partial charge in [-0.1, -0.05) is 45.1 Å². The van der Waals surface area contributed by atoms with Crippen LogP contribution in [-0.2, 0) is 17.8 Å². The molecule has 0 spiro atoms. The molecular weight excluding hydrogens is 440 g/mol. The molecule has 1 amide bonds. The Kier molecular flexibility index (Phi) is 8.11. The number of aromatic nitrogens is 1. The van der Waals surface area contributed by atoms with Crippen molar-refractivity contribution in [2.24, 2.45) is 0 Å². The number of anilines is 1. The molecule has 2 heterocycles. The highest BCUT2D eigenvalue weighted by molar-refractivity contribution is 6.04. The van der Waals surface area contributed by atoms with Gasteiger partial charge in [0.05, 0.1) is 38.0 Å². The molecule has 0 bridgehead atoms. The lowest BCUT2D eigenvalue weighted by Crippen LogP contribution is -2.40. The normalized spacial score (nSPS) is 12.1. The first-order chi connectivity index (χ1) is 17.1. The highest BCUT2D eigenvalue weighted by Crippen LogP contribution is 2.39. The van der Waals surface area contributed by atoms with Crippen molar-refractivity contribution in [1.29, 1.82) is 0 Å². The van der Waals surface area contributed by atoms with Gasteiger partial charge in [-0.3, -0.25) is 4.79 Å². The minimum atomic E-state index is 0.0381. The van der Waals surface area contributed by atoms with Crippen molar-refractivity contribution >= 4 is 22.4 Å². The van der Waals surface area contributed by atoms with E-state index in [9.17, 15) is 4.79 Å². The van der Waals surface area contributed by atoms with Crippen LogP contribution >= 0.6 is 0 Å². The summed E-state index contributed by atoms with van der Waals surface area (Å²) in [4.78, 5) is 12.8. The Hall–Kier alpha value is -3.28. The zero-order valence-corrected chi connectivity index (χ0v) is 21.4. The van der Waals surface area contributed by atoms with Gasteiger partial charge in [0.1, 0.15) is 5.75 Å². The van der Waals surface area contributed by atoms with E-state index in [-0.39, 0.29) is 5.91 Å². The molecule has 1 N–H and O–H groups in total. The Labute approximate surface area is 208 Å². The fraction of sp³-hybridized carbons (Fsp3) is 0.448. The molecule has 1 aliphatic rings. The van der Waals surface area contributed by atoms with E-state index >= 15 is 0 Å². The fourth-order valence-corrected chi connectivity index (χ4v) is 4.93. The molecule has 35 heavy (non-hydrogen) atoms. The number of hydrogen-bond acceptors (Lipinski definition) is 4. The molecule has 0 fully saturated rings. The first-order valence-electron chi connectivity index (χ1n) is 12.7. The number of hydrogen-bond donors (Lipinski definition) is 1. The number of methoxy groups -OCH3 is 3. The number of benzene rings is 2. The van der Waals surface area contributed by atoms with E-state index < -0.39 is 0 Å². The SMILES string of the molecule is CCCCCCCCC(=O)Nc1c(OC)ccc2cc3[n+](cc12)CCc1cc(OC)c(OC)cc1-3. The van der Waals surface area contributed by atoms with Gasteiger partial charge in [0.15, 0.2) is 24.2 Å². The van der Waals surface area contributed by atoms with Gasteiger partial charge in [-0.05, 0) is 35.6 Å². The second-order valence-corrected chi connectivity index (χ2v) is 9.18.